The van der Waals surface area contributed by atoms with Gasteiger partial charge >= 0.3 is 0 Å². The normalized spacial score (nSPS) is 11.4. The fraction of sp³-hybridized carbons (Fsp3) is 0.533. The summed E-state index contributed by atoms with van der Waals surface area (Å²) in [5, 5.41) is 3.03. The molecule has 1 rings (SSSR count). The Labute approximate surface area is 120 Å². The van der Waals surface area contributed by atoms with Crippen LogP contribution in [0.3, 0.4) is 0 Å². The minimum atomic E-state index is -0.0456. The smallest absolute Gasteiger partial charge is 0.251 e. The van der Waals surface area contributed by atoms with Crippen molar-refractivity contribution in [2.45, 2.75) is 38.4 Å². The minimum absolute atomic E-state index is 0.0456. The number of nitrogens with two attached hydrogens (primary N) is 1. The topological polar surface area (TPSA) is 55.1 Å². The van der Waals surface area contributed by atoms with Crippen LogP contribution in [0.15, 0.2) is 18.2 Å². The van der Waals surface area contributed by atoms with E-state index in [4.69, 9.17) is 5.73 Å². The summed E-state index contributed by atoms with van der Waals surface area (Å²) < 4.78 is 0.130. The molecular formula is C15H24N2OS. The van der Waals surface area contributed by atoms with E-state index >= 15 is 0 Å². The van der Waals surface area contributed by atoms with Crippen LogP contribution < -0.4 is 11.1 Å². The van der Waals surface area contributed by atoms with Crippen molar-refractivity contribution in [1.82, 2.24) is 5.32 Å². The van der Waals surface area contributed by atoms with Gasteiger partial charge in [-0.1, -0.05) is 13.8 Å². The zero-order chi connectivity index (χ0) is 14.5. The van der Waals surface area contributed by atoms with Gasteiger partial charge in [0.05, 0.1) is 0 Å². The molecule has 0 saturated heterocycles. The number of hydrogen-bond acceptors (Lipinski definition) is 3. The highest BCUT2D eigenvalue weighted by Gasteiger charge is 2.25. The predicted octanol–water partition coefficient (Wildman–Crippen LogP) is 3.23. The Morgan fingerprint density at radius 2 is 1.95 bits per heavy atom. The van der Waals surface area contributed by atoms with Gasteiger partial charge in [-0.05, 0) is 49.8 Å². The molecule has 0 bridgehead atoms. The highest BCUT2D eigenvalue weighted by atomic mass is 32.2. The maximum atomic E-state index is 12.2. The molecule has 1 amide bonds. The molecule has 0 saturated carbocycles. The van der Waals surface area contributed by atoms with Gasteiger partial charge in [-0.25, -0.2) is 0 Å². The first-order valence-electron chi connectivity index (χ1n) is 6.67. The number of nitrogen functional groups attached to an aromatic ring is 1. The molecule has 3 nitrogen and oxygen atoms in total. The van der Waals surface area contributed by atoms with E-state index in [2.05, 4.69) is 25.4 Å². The van der Waals surface area contributed by atoms with Crippen LogP contribution >= 0.6 is 11.8 Å². The molecule has 0 aliphatic carbocycles. The number of aryl methyl sites for hydroxylation is 1. The first kappa shape index (κ1) is 15.9. The largest absolute Gasteiger partial charge is 0.399 e. The Bertz CT molecular complexity index is 413. The van der Waals surface area contributed by atoms with Crippen molar-refractivity contribution in [3.63, 3.8) is 0 Å². The van der Waals surface area contributed by atoms with Crippen LogP contribution in [-0.4, -0.2) is 23.5 Å². The van der Waals surface area contributed by atoms with E-state index in [0.717, 1.165) is 18.4 Å². The van der Waals surface area contributed by atoms with E-state index in [1.165, 1.54) is 0 Å². The number of carbonyl (C=O) groups is 1. The number of benzene rings is 1. The molecule has 3 N–H and O–H groups in total. The predicted molar refractivity (Wildman–Crippen MR) is 84.8 cm³/mol. The third-order valence-corrected chi connectivity index (χ3v) is 5.24. The van der Waals surface area contributed by atoms with Crippen molar-refractivity contribution >= 4 is 23.4 Å². The number of nitrogens with one attached hydrogen (secondary N) is 1. The van der Waals surface area contributed by atoms with Crippen molar-refractivity contribution in [2.75, 3.05) is 18.5 Å². The van der Waals surface area contributed by atoms with Crippen LogP contribution in [0.25, 0.3) is 0 Å². The third-order valence-electron chi connectivity index (χ3n) is 3.65. The average Bonchev–Trinajstić information content (AvgIpc) is 2.39. The van der Waals surface area contributed by atoms with Crippen molar-refractivity contribution in [2.24, 2.45) is 0 Å². The molecule has 106 valence electrons. The van der Waals surface area contributed by atoms with E-state index in [0.29, 0.717) is 17.8 Å². The first-order valence-corrected chi connectivity index (χ1v) is 7.89. The minimum Gasteiger partial charge on any atom is -0.399 e. The van der Waals surface area contributed by atoms with Gasteiger partial charge in [-0.2, -0.15) is 11.8 Å². The molecule has 1 aromatic rings. The number of rotatable bonds is 6. The molecule has 1 aromatic carbocycles. The second-order valence-corrected chi connectivity index (χ2v) is 6.18. The summed E-state index contributed by atoms with van der Waals surface area (Å²) in [5.41, 5.74) is 8.05. The number of amides is 1. The standard InChI is InChI=1S/C15H24N2OS/c1-5-15(6-2,19-4)10-17-14(18)12-7-11(3)8-13(16)9-12/h7-9H,5-6,10,16H2,1-4H3,(H,17,18). The van der Waals surface area contributed by atoms with Crippen LogP contribution in [0.2, 0.25) is 0 Å². The lowest BCUT2D eigenvalue weighted by molar-refractivity contribution is 0.0949. The molecule has 0 radical (unpaired) electrons. The molecular weight excluding hydrogens is 256 g/mol. The number of thioether (sulfide) groups is 1. The third kappa shape index (κ3) is 4.16. The van der Waals surface area contributed by atoms with Gasteiger partial charge < -0.3 is 11.1 Å². The highest BCUT2D eigenvalue weighted by Crippen LogP contribution is 2.29. The zero-order valence-electron chi connectivity index (χ0n) is 12.2. The quantitative estimate of drug-likeness (QED) is 0.787. The second kappa shape index (κ2) is 6.85. The van der Waals surface area contributed by atoms with Crippen molar-refractivity contribution < 1.29 is 4.79 Å². The highest BCUT2D eigenvalue weighted by molar-refractivity contribution is 8.00. The molecule has 0 aliphatic rings. The lowest BCUT2D eigenvalue weighted by atomic mass is 10.0. The molecule has 19 heavy (non-hydrogen) atoms. The monoisotopic (exact) mass is 280 g/mol. The number of anilines is 1. The maximum absolute atomic E-state index is 12.2. The lowest BCUT2D eigenvalue weighted by Gasteiger charge is -2.29. The summed E-state index contributed by atoms with van der Waals surface area (Å²) >= 11 is 1.82. The molecule has 0 atom stereocenters. The summed E-state index contributed by atoms with van der Waals surface area (Å²) in [4.78, 5) is 12.2. The van der Waals surface area contributed by atoms with Crippen molar-refractivity contribution in [1.29, 1.82) is 0 Å². The van der Waals surface area contributed by atoms with Gasteiger partial charge in [0.25, 0.3) is 5.91 Å². The van der Waals surface area contributed by atoms with Crippen molar-refractivity contribution in [3.05, 3.63) is 29.3 Å². The Morgan fingerprint density at radius 1 is 1.32 bits per heavy atom. The molecule has 4 heteroatoms. The summed E-state index contributed by atoms with van der Waals surface area (Å²) in [5.74, 6) is -0.0456. The van der Waals surface area contributed by atoms with E-state index in [1.807, 2.05) is 30.8 Å². The van der Waals surface area contributed by atoms with E-state index < -0.39 is 0 Å². The van der Waals surface area contributed by atoms with Crippen LogP contribution in [0.1, 0.15) is 42.6 Å². The van der Waals surface area contributed by atoms with E-state index in [9.17, 15) is 4.79 Å². The average molecular weight is 280 g/mol. The first-order chi connectivity index (χ1) is 8.96. The maximum Gasteiger partial charge on any atom is 0.251 e. The lowest BCUT2D eigenvalue weighted by Crippen LogP contribution is -2.39. The van der Waals surface area contributed by atoms with E-state index in [1.54, 1.807) is 6.07 Å². The SMILES string of the molecule is CCC(CC)(CNC(=O)c1cc(C)cc(N)c1)SC. The Balaban J connectivity index is 2.74. The number of carbonyl (C=O) groups excluding carboxylic acids is 1. The van der Waals surface area contributed by atoms with Gasteiger partial charge in [0, 0.05) is 22.5 Å². The summed E-state index contributed by atoms with van der Waals surface area (Å²) in [7, 11) is 0. The molecule has 0 aromatic heterocycles. The number of hydrogen-bond donors (Lipinski definition) is 2. The Hall–Kier alpha value is -1.16. The van der Waals surface area contributed by atoms with Crippen LogP contribution in [0.4, 0.5) is 5.69 Å². The summed E-state index contributed by atoms with van der Waals surface area (Å²) in [6, 6.07) is 5.45. The summed E-state index contributed by atoms with van der Waals surface area (Å²) in [6.45, 7) is 6.96. The molecule has 0 fully saturated rings. The Morgan fingerprint density at radius 3 is 2.42 bits per heavy atom. The van der Waals surface area contributed by atoms with Crippen molar-refractivity contribution in [3.8, 4) is 0 Å². The molecule has 0 aliphatic heterocycles. The van der Waals surface area contributed by atoms with Gasteiger partial charge in [-0.3, -0.25) is 4.79 Å². The van der Waals surface area contributed by atoms with Gasteiger partial charge in [-0.15, -0.1) is 0 Å². The Kier molecular flexibility index (Phi) is 5.73. The van der Waals surface area contributed by atoms with E-state index in [-0.39, 0.29) is 10.7 Å². The van der Waals surface area contributed by atoms with Gasteiger partial charge in [0.2, 0.25) is 0 Å². The molecule has 0 spiro atoms. The van der Waals surface area contributed by atoms with Crippen LogP contribution in [0.5, 0.6) is 0 Å². The zero-order valence-corrected chi connectivity index (χ0v) is 13.1. The van der Waals surface area contributed by atoms with Gasteiger partial charge in [0.1, 0.15) is 0 Å². The fourth-order valence-electron chi connectivity index (χ4n) is 2.15. The van der Waals surface area contributed by atoms with Gasteiger partial charge in [0.15, 0.2) is 0 Å². The molecule has 0 unspecified atom stereocenters. The molecule has 0 heterocycles. The van der Waals surface area contributed by atoms with Crippen LogP contribution in [-0.2, 0) is 0 Å². The second-order valence-electron chi connectivity index (χ2n) is 4.91. The van der Waals surface area contributed by atoms with Crippen LogP contribution in [0, 0.1) is 6.92 Å². The fourth-order valence-corrected chi connectivity index (χ4v) is 2.94. The summed E-state index contributed by atoms with van der Waals surface area (Å²) in [6.07, 6.45) is 4.19.